The third-order valence-corrected chi connectivity index (χ3v) is 1.74. The summed E-state index contributed by atoms with van der Waals surface area (Å²) in [6.07, 6.45) is 2.06. The first-order chi connectivity index (χ1) is 5.36. The summed E-state index contributed by atoms with van der Waals surface area (Å²) in [6, 6.07) is 7.96. The molecule has 0 bridgehead atoms. The fourth-order valence-corrected chi connectivity index (χ4v) is 1.22. The molecule has 3 radical (unpaired) electrons. The third-order valence-electron chi connectivity index (χ3n) is 1.39. The van der Waals surface area contributed by atoms with Crippen LogP contribution in [0.25, 0.3) is 6.08 Å². The van der Waals surface area contributed by atoms with Crippen LogP contribution in [0.3, 0.4) is 0 Å². The van der Waals surface area contributed by atoms with Crippen molar-refractivity contribution in [3.8, 4) is 5.75 Å². The molecule has 0 fully saturated rings. The zero-order chi connectivity index (χ0) is 8.10. The van der Waals surface area contributed by atoms with E-state index in [1.807, 2.05) is 45.7 Å². The Hall–Kier alpha value is -0.697. The molecule has 0 amide bonds. The van der Waals surface area contributed by atoms with Gasteiger partial charge in [0.1, 0.15) is 0 Å². The first kappa shape index (κ1) is 8.40. The van der Waals surface area contributed by atoms with Gasteiger partial charge in [-0.3, -0.25) is 0 Å². The molecule has 11 heavy (non-hydrogen) atoms. The van der Waals surface area contributed by atoms with E-state index in [1.165, 1.54) is 5.56 Å². The van der Waals surface area contributed by atoms with Gasteiger partial charge in [0.05, 0.1) is 0 Å². The zero-order valence-electron chi connectivity index (χ0n) is 6.37. The van der Waals surface area contributed by atoms with Crippen LogP contribution in [0.15, 0.2) is 29.2 Å². The van der Waals surface area contributed by atoms with Gasteiger partial charge < -0.3 is 0 Å². The van der Waals surface area contributed by atoms with E-state index in [2.05, 4.69) is 6.08 Å². The molecule has 0 saturated heterocycles. The van der Waals surface area contributed by atoms with Crippen LogP contribution in [0.1, 0.15) is 5.56 Å². The van der Waals surface area contributed by atoms with Gasteiger partial charge in [0.15, 0.2) is 0 Å². The van der Waals surface area contributed by atoms with Crippen molar-refractivity contribution >= 4 is 22.6 Å². The average molecular weight is 206 g/mol. The van der Waals surface area contributed by atoms with Gasteiger partial charge in [-0.2, -0.15) is 0 Å². The summed E-state index contributed by atoms with van der Waals surface area (Å²) in [5.74, 6) is 0.901. The van der Waals surface area contributed by atoms with E-state index >= 15 is 0 Å². The van der Waals surface area contributed by atoms with Gasteiger partial charge in [-0.05, 0) is 0 Å². The molecule has 0 aliphatic rings. The van der Waals surface area contributed by atoms with Crippen molar-refractivity contribution in [2.75, 3.05) is 7.11 Å². The van der Waals surface area contributed by atoms with Crippen molar-refractivity contribution in [2.45, 2.75) is 0 Å². The van der Waals surface area contributed by atoms with Crippen LogP contribution in [0.4, 0.5) is 0 Å². The number of ether oxygens (including phenoxy) is 1. The van der Waals surface area contributed by atoms with Gasteiger partial charge in [-0.15, -0.1) is 0 Å². The van der Waals surface area contributed by atoms with E-state index in [-0.39, 0.29) is 0 Å². The van der Waals surface area contributed by atoms with E-state index in [0.717, 1.165) is 5.75 Å². The predicted octanol–water partition coefficient (Wildman–Crippen LogP) is 1.83. The molecule has 2 heteroatoms. The maximum atomic E-state index is 5.02. The first-order valence-corrected chi connectivity index (χ1v) is 4.56. The molecule has 1 rings (SSSR count). The second-order valence-corrected chi connectivity index (χ2v) is 2.81. The van der Waals surface area contributed by atoms with Crippen LogP contribution in [0, 0.1) is 0 Å². The molecule has 0 N–H and O–H groups in total. The van der Waals surface area contributed by atoms with Gasteiger partial charge in [0, 0.05) is 0 Å². The molecule has 0 heterocycles. The summed E-state index contributed by atoms with van der Waals surface area (Å²) in [5, 5.41) is 0. The summed E-state index contributed by atoms with van der Waals surface area (Å²) < 4.78 is 5.02. The first-order valence-electron chi connectivity index (χ1n) is 3.34. The van der Waals surface area contributed by atoms with E-state index < -0.39 is 0 Å². The van der Waals surface area contributed by atoms with E-state index in [4.69, 9.17) is 4.74 Å². The van der Waals surface area contributed by atoms with Crippen LogP contribution in [0.2, 0.25) is 0 Å². The fourth-order valence-electron chi connectivity index (χ4n) is 0.811. The van der Waals surface area contributed by atoms with Crippen molar-refractivity contribution in [3.05, 3.63) is 34.7 Å². The van der Waals surface area contributed by atoms with Crippen molar-refractivity contribution in [1.29, 1.82) is 0 Å². The van der Waals surface area contributed by atoms with E-state index in [0.29, 0.717) is 0 Å². The van der Waals surface area contributed by atoms with E-state index in [1.54, 1.807) is 7.11 Å². The van der Waals surface area contributed by atoms with Gasteiger partial charge in [-0.1, -0.05) is 0 Å². The van der Waals surface area contributed by atoms with Gasteiger partial charge in [0.25, 0.3) is 0 Å². The molecule has 0 aromatic heterocycles. The number of hydrogen-bond donors (Lipinski definition) is 0. The Kier molecular flexibility index (Phi) is 3.24. The minimum absolute atomic E-state index is 0.901. The normalized spacial score (nSPS) is 10.4. The van der Waals surface area contributed by atoms with Crippen molar-refractivity contribution in [1.82, 2.24) is 0 Å². The fraction of sp³-hybridized carbons (Fsp3) is 0.111. The summed E-state index contributed by atoms with van der Waals surface area (Å²) in [5.41, 5.74) is 1.20. The van der Waals surface area contributed by atoms with Crippen molar-refractivity contribution in [3.63, 3.8) is 0 Å². The zero-order valence-corrected chi connectivity index (χ0v) is 8.47. The second-order valence-electron chi connectivity index (χ2n) is 2.11. The van der Waals surface area contributed by atoms with Crippen LogP contribution in [0.5, 0.6) is 5.75 Å². The maximum absolute atomic E-state index is 5.02. The monoisotopic (exact) mass is 207 g/mol. The van der Waals surface area contributed by atoms with Gasteiger partial charge in [-0.25, -0.2) is 0 Å². The topological polar surface area (TPSA) is 9.23 Å². The Bertz CT molecular complexity index is 238. The van der Waals surface area contributed by atoms with E-state index in [9.17, 15) is 0 Å². The Morgan fingerprint density at radius 3 is 2.36 bits per heavy atom. The molecule has 1 nitrogen and oxygen atoms in total. The van der Waals surface area contributed by atoms with Crippen LogP contribution < -0.4 is 4.74 Å². The number of hydrogen-bond acceptors (Lipinski definition) is 1. The molecule has 0 aliphatic carbocycles. The number of methoxy groups -OCH3 is 1. The Morgan fingerprint density at radius 2 is 1.91 bits per heavy atom. The van der Waals surface area contributed by atoms with Crippen molar-refractivity contribution < 1.29 is 4.74 Å². The number of benzene rings is 1. The average Bonchev–Trinajstić information content (AvgIpc) is 2.07. The SMILES string of the molecule is COc1ccc(/C=[CH]\[Ge])cc1. The number of rotatable bonds is 2. The summed E-state index contributed by atoms with van der Waals surface area (Å²) in [4.78, 5) is 2.02. The summed E-state index contributed by atoms with van der Waals surface area (Å²) >= 11 is 2.00. The molecule has 55 valence electrons. The standard InChI is InChI=1S/C9H9GeO/c1-11-9-4-2-8(3-5-9)6-7-10/h2-7H,1H3/b7-6-. The molecule has 1 aromatic rings. The summed E-state index contributed by atoms with van der Waals surface area (Å²) in [6.45, 7) is 0. The molecule has 0 saturated carbocycles. The summed E-state index contributed by atoms with van der Waals surface area (Å²) in [7, 11) is 1.67. The Morgan fingerprint density at radius 1 is 1.27 bits per heavy atom. The van der Waals surface area contributed by atoms with Gasteiger partial charge >= 0.3 is 74.9 Å². The van der Waals surface area contributed by atoms with Crippen LogP contribution in [-0.4, -0.2) is 23.6 Å². The van der Waals surface area contributed by atoms with Crippen LogP contribution >= 0.6 is 0 Å². The predicted molar refractivity (Wildman–Crippen MR) is 47.8 cm³/mol. The quantitative estimate of drug-likeness (QED) is 0.670. The second kappa shape index (κ2) is 4.24. The molecule has 1 aromatic carbocycles. The molecular weight excluding hydrogens is 197 g/mol. The molecule has 0 spiro atoms. The van der Waals surface area contributed by atoms with Crippen molar-refractivity contribution in [2.24, 2.45) is 0 Å². The third kappa shape index (κ3) is 2.43. The molecule has 0 atom stereocenters. The minimum atomic E-state index is 0.901. The Labute approximate surface area is 75.3 Å². The molecule has 0 aliphatic heterocycles. The van der Waals surface area contributed by atoms with Crippen LogP contribution in [-0.2, 0) is 0 Å². The molecular formula is C9H9GeO. The van der Waals surface area contributed by atoms with Gasteiger partial charge in [0.2, 0.25) is 0 Å². The molecule has 0 unspecified atom stereocenters. The Balaban J connectivity index is 2.82.